The molecule has 6 aromatic rings. The molecule has 11 heteroatoms. The van der Waals surface area contributed by atoms with Crippen LogP contribution in [0.15, 0.2) is 120 Å². The Morgan fingerprint density at radius 3 is 1.14 bits per heavy atom. The Kier molecular flexibility index (Phi) is 26.8. The van der Waals surface area contributed by atoms with E-state index in [0.717, 1.165) is 48.0 Å². The fraction of sp³-hybridized carbons (Fsp3) is 0.441. The standard InChI is InChI=1S/C23H31NO2S.C23H33NOS.C22H29NO2S/c1-8-9-22(25)24(6)18-12-16(4)23(17(5)13-18)27-19-10-11-21(26-7)20(14-19)15(2)3;1-8-9-12-24(6)19-13-17(4)23(18(5)14-19)26-20-10-11-22(25-7)21(15-20)16(2)3;1-7-8-21(24)23-17-11-15(4)22(16(5)12-17)26-18-9-10-20(25-6)19(13-18)14(2)3/h10-15H,8-9H2,1-7H3;10-11,13-16H,8-9,12H2,1-7H3;9-14H,7-8H2,1-6H3,(H,23,24). The lowest BCUT2D eigenvalue weighted by molar-refractivity contribution is -0.118. The number of hydrogen-bond acceptors (Lipinski definition) is 9. The molecule has 0 aliphatic carbocycles. The molecule has 0 bridgehead atoms. The van der Waals surface area contributed by atoms with Crippen LogP contribution in [0.2, 0.25) is 0 Å². The first-order chi connectivity index (χ1) is 37.5. The number of carbonyl (C=O) groups excluding carboxylic acids is 2. The van der Waals surface area contributed by atoms with Gasteiger partial charge in [0.2, 0.25) is 11.8 Å². The zero-order valence-electron chi connectivity index (χ0n) is 51.5. The molecule has 0 fully saturated rings. The van der Waals surface area contributed by atoms with Crippen molar-refractivity contribution >= 4 is 64.2 Å². The van der Waals surface area contributed by atoms with E-state index in [9.17, 15) is 9.59 Å². The van der Waals surface area contributed by atoms with Crippen LogP contribution in [0.25, 0.3) is 0 Å². The molecular weight excluding hydrogens is 1030 g/mol. The Bertz CT molecular complexity index is 2900. The summed E-state index contributed by atoms with van der Waals surface area (Å²) in [5.41, 5.74) is 14.3. The number of methoxy groups -OCH3 is 3. The van der Waals surface area contributed by atoms with Crippen LogP contribution in [-0.4, -0.2) is 53.8 Å². The van der Waals surface area contributed by atoms with Gasteiger partial charge in [-0.1, -0.05) is 104 Å². The third kappa shape index (κ3) is 19.1. The Balaban J connectivity index is 0.000000255. The minimum absolute atomic E-state index is 0.0726. The second-order valence-corrected chi connectivity index (χ2v) is 24.8. The van der Waals surface area contributed by atoms with E-state index in [2.05, 4.69) is 186 Å². The van der Waals surface area contributed by atoms with Crippen LogP contribution in [0.1, 0.15) is 169 Å². The van der Waals surface area contributed by atoms with Gasteiger partial charge in [0.05, 0.1) is 21.3 Å². The summed E-state index contributed by atoms with van der Waals surface area (Å²) in [5, 5.41) is 2.99. The summed E-state index contributed by atoms with van der Waals surface area (Å²) >= 11 is 5.39. The van der Waals surface area contributed by atoms with Gasteiger partial charge in [-0.05, 0) is 220 Å². The van der Waals surface area contributed by atoms with Crippen molar-refractivity contribution in [3.05, 3.63) is 141 Å². The maximum Gasteiger partial charge on any atom is 0.226 e. The number of anilines is 3. The Morgan fingerprint density at radius 2 is 0.823 bits per heavy atom. The quantitative estimate of drug-likeness (QED) is 0.0715. The highest BCUT2D eigenvalue weighted by Gasteiger charge is 2.18. The first-order valence-electron chi connectivity index (χ1n) is 28.2. The molecule has 0 aliphatic rings. The van der Waals surface area contributed by atoms with E-state index in [-0.39, 0.29) is 11.8 Å². The maximum absolute atomic E-state index is 12.2. The monoisotopic (exact) mass is 1130 g/mol. The number of rotatable bonds is 22. The summed E-state index contributed by atoms with van der Waals surface area (Å²) < 4.78 is 16.5. The van der Waals surface area contributed by atoms with Gasteiger partial charge in [-0.25, -0.2) is 0 Å². The van der Waals surface area contributed by atoms with Gasteiger partial charge >= 0.3 is 0 Å². The predicted molar refractivity (Wildman–Crippen MR) is 341 cm³/mol. The first-order valence-corrected chi connectivity index (χ1v) is 30.6. The number of nitrogens with one attached hydrogen (secondary N) is 1. The van der Waals surface area contributed by atoms with Gasteiger partial charge in [0.15, 0.2) is 0 Å². The molecule has 0 saturated carbocycles. The first kappa shape index (κ1) is 66.0. The van der Waals surface area contributed by atoms with Crippen LogP contribution in [0, 0.1) is 41.5 Å². The van der Waals surface area contributed by atoms with E-state index in [4.69, 9.17) is 14.2 Å². The molecule has 0 aliphatic heterocycles. The van der Waals surface area contributed by atoms with Crippen LogP contribution in [0.4, 0.5) is 17.1 Å². The Morgan fingerprint density at radius 1 is 0.481 bits per heavy atom. The van der Waals surface area contributed by atoms with Gasteiger partial charge in [0.1, 0.15) is 17.2 Å². The molecular formula is C68H93N3O5S3. The van der Waals surface area contributed by atoms with Gasteiger partial charge in [0.25, 0.3) is 0 Å². The SMILES string of the molecule is CCCC(=O)N(C)c1cc(C)c(Sc2ccc(OC)c(C(C)C)c2)c(C)c1.CCCC(=O)Nc1cc(C)c(Sc2ccc(OC)c(C(C)C)c2)c(C)c1.CCCCN(C)c1cc(C)c(Sc2ccc(OC)c(C(C)C)c2)c(C)c1. The molecule has 1 N–H and O–H groups in total. The van der Waals surface area contributed by atoms with Crippen LogP contribution in [0.3, 0.4) is 0 Å². The highest BCUT2D eigenvalue weighted by Crippen LogP contribution is 2.42. The fourth-order valence-electron chi connectivity index (χ4n) is 9.31. The topological polar surface area (TPSA) is 80.3 Å². The number of carbonyl (C=O) groups is 2. The molecule has 0 heterocycles. The second-order valence-electron chi connectivity index (χ2n) is 21.5. The summed E-state index contributed by atoms with van der Waals surface area (Å²) in [6.07, 6.45) is 5.31. The van der Waals surface area contributed by atoms with Crippen molar-refractivity contribution in [3.8, 4) is 17.2 Å². The third-order valence-corrected chi connectivity index (χ3v) is 17.8. The van der Waals surface area contributed by atoms with Gasteiger partial charge < -0.3 is 29.3 Å². The van der Waals surface area contributed by atoms with Gasteiger partial charge in [0, 0.05) is 79.9 Å². The smallest absolute Gasteiger partial charge is 0.226 e. The molecule has 6 aromatic carbocycles. The van der Waals surface area contributed by atoms with Crippen molar-refractivity contribution in [1.29, 1.82) is 0 Å². The third-order valence-electron chi connectivity index (χ3n) is 13.8. The summed E-state index contributed by atoms with van der Waals surface area (Å²) in [4.78, 5) is 35.7. The molecule has 428 valence electrons. The summed E-state index contributed by atoms with van der Waals surface area (Å²) in [7, 11) is 9.23. The normalized spacial score (nSPS) is 11.0. The number of hydrogen-bond donors (Lipinski definition) is 1. The van der Waals surface area contributed by atoms with Gasteiger partial charge in [-0.2, -0.15) is 0 Å². The van der Waals surface area contributed by atoms with Crippen LogP contribution >= 0.6 is 35.3 Å². The van der Waals surface area contributed by atoms with Crippen LogP contribution < -0.4 is 29.3 Å². The van der Waals surface area contributed by atoms with Crippen molar-refractivity contribution in [2.24, 2.45) is 0 Å². The van der Waals surface area contributed by atoms with E-state index in [1.165, 1.54) is 98.0 Å². The lowest BCUT2D eigenvalue weighted by Gasteiger charge is -2.22. The van der Waals surface area contributed by atoms with Crippen molar-refractivity contribution in [3.63, 3.8) is 0 Å². The number of amides is 2. The van der Waals surface area contributed by atoms with E-state index < -0.39 is 0 Å². The fourth-order valence-corrected chi connectivity index (χ4v) is 12.3. The number of benzene rings is 6. The largest absolute Gasteiger partial charge is 0.496 e. The summed E-state index contributed by atoms with van der Waals surface area (Å²) in [6.45, 7) is 33.4. The zero-order chi connectivity index (χ0) is 58.7. The van der Waals surface area contributed by atoms with Crippen molar-refractivity contribution in [2.75, 3.05) is 57.1 Å². The number of aryl methyl sites for hydroxylation is 6. The predicted octanol–water partition coefficient (Wildman–Crippen LogP) is 19.5. The summed E-state index contributed by atoms with van der Waals surface area (Å²) in [6, 6.07) is 32.2. The molecule has 8 nitrogen and oxygen atoms in total. The maximum atomic E-state index is 12.2. The minimum atomic E-state index is 0.0726. The summed E-state index contributed by atoms with van der Waals surface area (Å²) in [5.74, 6) is 4.35. The highest BCUT2D eigenvalue weighted by atomic mass is 32.2. The number of unbranched alkanes of at least 4 members (excludes halogenated alkanes) is 1. The van der Waals surface area contributed by atoms with Crippen molar-refractivity contribution in [1.82, 2.24) is 0 Å². The highest BCUT2D eigenvalue weighted by molar-refractivity contribution is 8.00. The number of nitrogens with zero attached hydrogens (tertiary/aromatic N) is 2. The van der Waals surface area contributed by atoms with Gasteiger partial charge in [-0.3, -0.25) is 9.59 Å². The molecule has 0 saturated heterocycles. The molecule has 0 spiro atoms. The number of ether oxygens (including phenoxy) is 3. The van der Waals surface area contributed by atoms with Crippen LogP contribution in [0.5, 0.6) is 17.2 Å². The van der Waals surface area contributed by atoms with Gasteiger partial charge in [-0.15, -0.1) is 0 Å². The Hall–Kier alpha value is -5.49. The molecule has 0 unspecified atom stereocenters. The zero-order valence-corrected chi connectivity index (χ0v) is 54.0. The van der Waals surface area contributed by atoms with E-state index in [0.29, 0.717) is 30.6 Å². The average Bonchev–Trinajstić information content (AvgIpc) is 3.41. The molecule has 2 amide bonds. The van der Waals surface area contributed by atoms with E-state index >= 15 is 0 Å². The molecule has 0 atom stereocenters. The molecule has 79 heavy (non-hydrogen) atoms. The minimum Gasteiger partial charge on any atom is -0.496 e. The van der Waals surface area contributed by atoms with E-state index in [1.807, 2.05) is 44.8 Å². The molecule has 6 rings (SSSR count). The lowest BCUT2D eigenvalue weighted by Crippen LogP contribution is -2.25. The second kappa shape index (κ2) is 32.1. The van der Waals surface area contributed by atoms with Crippen LogP contribution in [-0.2, 0) is 9.59 Å². The van der Waals surface area contributed by atoms with E-state index in [1.54, 1.807) is 49.8 Å². The Labute approximate surface area is 490 Å². The van der Waals surface area contributed by atoms with Crippen molar-refractivity contribution in [2.45, 2.75) is 190 Å². The van der Waals surface area contributed by atoms with Crippen molar-refractivity contribution < 1.29 is 23.8 Å². The molecule has 0 aromatic heterocycles. The lowest BCUT2D eigenvalue weighted by atomic mass is 10.0. The molecule has 0 radical (unpaired) electrons. The average molecular weight is 1130 g/mol.